The Balaban J connectivity index is 2.23. The van der Waals surface area contributed by atoms with E-state index in [1.165, 1.54) is 0 Å². The van der Waals surface area contributed by atoms with E-state index in [1.54, 1.807) is 32.2 Å². The lowest BCUT2D eigenvalue weighted by molar-refractivity contribution is 0.102. The zero-order valence-electron chi connectivity index (χ0n) is 12.2. The molecule has 6 nitrogen and oxygen atoms in total. The lowest BCUT2D eigenvalue weighted by atomic mass is 10.1. The van der Waals surface area contributed by atoms with E-state index < -0.39 is 0 Å². The van der Waals surface area contributed by atoms with E-state index >= 15 is 0 Å². The summed E-state index contributed by atoms with van der Waals surface area (Å²) in [6.45, 7) is 3.71. The summed E-state index contributed by atoms with van der Waals surface area (Å²) < 4.78 is 5.14. The summed E-state index contributed by atoms with van der Waals surface area (Å²) in [6.07, 6.45) is 0. The molecule has 21 heavy (non-hydrogen) atoms. The second-order valence-corrected chi connectivity index (χ2v) is 4.66. The third-order valence-corrected chi connectivity index (χ3v) is 3.05. The highest BCUT2D eigenvalue weighted by atomic mass is 16.5. The summed E-state index contributed by atoms with van der Waals surface area (Å²) in [5, 5.41) is 2.87. The first-order chi connectivity index (χ1) is 10.0. The average Bonchev–Trinajstić information content (AvgIpc) is 2.48. The highest BCUT2D eigenvalue weighted by molar-refractivity contribution is 6.05. The summed E-state index contributed by atoms with van der Waals surface area (Å²) in [5.41, 5.74) is 5.30. The number of pyridine rings is 1. The minimum absolute atomic E-state index is 0.217. The maximum Gasteiger partial charge on any atom is 0.255 e. The van der Waals surface area contributed by atoms with Crippen LogP contribution < -0.4 is 21.3 Å². The molecule has 0 unspecified atom stereocenters. The third kappa shape index (κ3) is 3.49. The largest absolute Gasteiger partial charge is 0.497 e. The summed E-state index contributed by atoms with van der Waals surface area (Å²) in [4.78, 5) is 16.5. The number of hydrazine groups is 1. The molecule has 0 aliphatic heterocycles. The summed E-state index contributed by atoms with van der Waals surface area (Å²) in [7, 11) is 1.61. The number of nitrogens with zero attached hydrogens (tertiary/aromatic N) is 1. The standard InChI is InChI=1S/C15H18N4O2/c1-9-6-12(21-3)4-5-13(9)18-15(20)11-7-10(2)17-14(8-11)19-16/h4-8H,16H2,1-3H3,(H,17,19)(H,18,20). The van der Waals surface area contributed by atoms with E-state index in [9.17, 15) is 4.79 Å². The van der Waals surface area contributed by atoms with Crippen LogP contribution in [0.2, 0.25) is 0 Å². The Labute approximate surface area is 123 Å². The van der Waals surface area contributed by atoms with Crippen LogP contribution in [-0.4, -0.2) is 18.0 Å². The van der Waals surface area contributed by atoms with Crippen LogP contribution in [0.15, 0.2) is 30.3 Å². The molecular formula is C15H18N4O2. The number of aryl methyl sites for hydroxylation is 2. The second kappa shape index (κ2) is 6.23. The maximum absolute atomic E-state index is 12.3. The van der Waals surface area contributed by atoms with Gasteiger partial charge in [0.05, 0.1) is 7.11 Å². The summed E-state index contributed by atoms with van der Waals surface area (Å²) in [6, 6.07) is 8.77. The monoisotopic (exact) mass is 286 g/mol. The van der Waals surface area contributed by atoms with E-state index in [2.05, 4.69) is 15.7 Å². The molecule has 0 fully saturated rings. The molecule has 110 valence electrons. The van der Waals surface area contributed by atoms with Crippen molar-refractivity contribution in [3.05, 3.63) is 47.2 Å². The van der Waals surface area contributed by atoms with Gasteiger partial charge < -0.3 is 15.5 Å². The van der Waals surface area contributed by atoms with Gasteiger partial charge >= 0.3 is 0 Å². The minimum atomic E-state index is -0.217. The van der Waals surface area contributed by atoms with Crippen LogP contribution in [-0.2, 0) is 0 Å². The van der Waals surface area contributed by atoms with Crippen molar-refractivity contribution in [1.82, 2.24) is 4.98 Å². The van der Waals surface area contributed by atoms with Gasteiger partial charge in [0.2, 0.25) is 0 Å². The van der Waals surface area contributed by atoms with E-state index in [-0.39, 0.29) is 5.91 Å². The first kappa shape index (κ1) is 14.8. The number of nitrogens with two attached hydrogens (primary N) is 1. The highest BCUT2D eigenvalue weighted by Crippen LogP contribution is 2.22. The Morgan fingerprint density at radius 3 is 2.62 bits per heavy atom. The van der Waals surface area contributed by atoms with Crippen molar-refractivity contribution < 1.29 is 9.53 Å². The van der Waals surface area contributed by atoms with E-state index in [0.29, 0.717) is 17.1 Å². The molecule has 0 aliphatic carbocycles. The molecule has 2 aromatic rings. The van der Waals surface area contributed by atoms with Crippen molar-refractivity contribution in [2.75, 3.05) is 17.9 Å². The number of hydrogen-bond acceptors (Lipinski definition) is 5. The Morgan fingerprint density at radius 1 is 1.24 bits per heavy atom. The number of anilines is 2. The van der Waals surface area contributed by atoms with Gasteiger partial charge in [0.25, 0.3) is 5.91 Å². The van der Waals surface area contributed by atoms with E-state index in [1.807, 2.05) is 19.1 Å². The number of amides is 1. The Morgan fingerprint density at radius 2 is 2.00 bits per heavy atom. The number of carbonyl (C=O) groups is 1. The van der Waals surface area contributed by atoms with Gasteiger partial charge in [0, 0.05) is 16.9 Å². The average molecular weight is 286 g/mol. The molecule has 4 N–H and O–H groups in total. The molecule has 0 aliphatic rings. The fourth-order valence-corrected chi connectivity index (χ4v) is 1.97. The normalized spacial score (nSPS) is 10.1. The van der Waals surface area contributed by atoms with Crippen LogP contribution in [0.4, 0.5) is 11.5 Å². The quantitative estimate of drug-likeness (QED) is 0.592. The molecule has 0 saturated carbocycles. The molecule has 1 aromatic heterocycles. The molecule has 0 bridgehead atoms. The fourth-order valence-electron chi connectivity index (χ4n) is 1.97. The van der Waals surface area contributed by atoms with Crippen LogP contribution in [0.3, 0.4) is 0 Å². The van der Waals surface area contributed by atoms with Crippen LogP contribution in [0.1, 0.15) is 21.6 Å². The number of rotatable bonds is 4. The molecule has 6 heteroatoms. The third-order valence-electron chi connectivity index (χ3n) is 3.05. The summed E-state index contributed by atoms with van der Waals surface area (Å²) >= 11 is 0. The smallest absolute Gasteiger partial charge is 0.255 e. The molecule has 1 aromatic carbocycles. The predicted molar refractivity (Wildman–Crippen MR) is 82.5 cm³/mol. The number of aromatic nitrogens is 1. The maximum atomic E-state index is 12.3. The van der Waals surface area contributed by atoms with Gasteiger partial charge in [-0.3, -0.25) is 4.79 Å². The first-order valence-electron chi connectivity index (χ1n) is 6.45. The molecule has 0 radical (unpaired) electrons. The molecule has 0 atom stereocenters. The van der Waals surface area contributed by atoms with E-state index in [4.69, 9.17) is 10.6 Å². The number of nitrogens with one attached hydrogen (secondary N) is 2. The predicted octanol–water partition coefficient (Wildman–Crippen LogP) is 2.24. The molecule has 0 spiro atoms. The van der Waals surface area contributed by atoms with Gasteiger partial charge in [-0.15, -0.1) is 0 Å². The van der Waals surface area contributed by atoms with E-state index in [0.717, 1.165) is 17.0 Å². The van der Waals surface area contributed by atoms with Gasteiger partial charge in [0.1, 0.15) is 11.6 Å². The van der Waals surface area contributed by atoms with Crippen molar-refractivity contribution >= 4 is 17.4 Å². The second-order valence-electron chi connectivity index (χ2n) is 4.66. The van der Waals surface area contributed by atoms with Crippen molar-refractivity contribution in [3.63, 3.8) is 0 Å². The van der Waals surface area contributed by atoms with Crippen molar-refractivity contribution in [1.29, 1.82) is 0 Å². The van der Waals surface area contributed by atoms with Crippen LogP contribution >= 0.6 is 0 Å². The Hall–Kier alpha value is -2.60. The summed E-state index contributed by atoms with van der Waals surface area (Å²) in [5.74, 6) is 6.32. The van der Waals surface area contributed by atoms with Crippen LogP contribution in [0.25, 0.3) is 0 Å². The van der Waals surface area contributed by atoms with Crippen molar-refractivity contribution in [2.45, 2.75) is 13.8 Å². The number of methoxy groups -OCH3 is 1. The SMILES string of the molecule is COc1ccc(NC(=O)c2cc(C)nc(NN)c2)c(C)c1. The van der Waals surface area contributed by atoms with Crippen LogP contribution in [0, 0.1) is 13.8 Å². The van der Waals surface area contributed by atoms with Gasteiger partial charge in [-0.1, -0.05) is 0 Å². The number of benzene rings is 1. The molecule has 1 amide bonds. The molecular weight excluding hydrogens is 268 g/mol. The van der Waals surface area contributed by atoms with Crippen molar-refractivity contribution in [2.24, 2.45) is 5.84 Å². The number of carbonyl (C=O) groups excluding carboxylic acids is 1. The zero-order chi connectivity index (χ0) is 15.4. The molecule has 1 heterocycles. The number of ether oxygens (including phenoxy) is 1. The fraction of sp³-hybridized carbons (Fsp3) is 0.200. The van der Waals surface area contributed by atoms with Crippen LogP contribution in [0.5, 0.6) is 5.75 Å². The first-order valence-corrected chi connectivity index (χ1v) is 6.45. The lowest BCUT2D eigenvalue weighted by Gasteiger charge is -2.11. The molecule has 2 rings (SSSR count). The lowest BCUT2D eigenvalue weighted by Crippen LogP contribution is -2.15. The zero-order valence-corrected chi connectivity index (χ0v) is 12.2. The van der Waals surface area contributed by atoms with Gasteiger partial charge in [-0.25, -0.2) is 10.8 Å². The topological polar surface area (TPSA) is 89.3 Å². The van der Waals surface area contributed by atoms with Gasteiger partial charge in [-0.05, 0) is 49.7 Å². The Kier molecular flexibility index (Phi) is 4.39. The highest BCUT2D eigenvalue weighted by Gasteiger charge is 2.10. The van der Waals surface area contributed by atoms with Gasteiger partial charge in [0.15, 0.2) is 0 Å². The number of hydrogen-bond donors (Lipinski definition) is 3. The van der Waals surface area contributed by atoms with Gasteiger partial charge in [-0.2, -0.15) is 0 Å². The number of nitrogen functional groups attached to an aromatic ring is 1. The van der Waals surface area contributed by atoms with Crippen molar-refractivity contribution in [3.8, 4) is 5.75 Å². The minimum Gasteiger partial charge on any atom is -0.497 e. The Bertz CT molecular complexity index is 671. The molecule has 0 saturated heterocycles.